The Morgan fingerprint density at radius 3 is 2.76 bits per heavy atom. The molecule has 0 aromatic carbocycles. The second kappa shape index (κ2) is 6.72. The van der Waals surface area contributed by atoms with Crippen LogP contribution in [0.1, 0.15) is 39.0 Å². The standard InChI is InChI=1S/C17H18N4O3S/c1-9-13(16(23)24-4)10(2)18-14(9)15(22)11(3)25-17-20-19-12-7-5-6-8-21(12)17/h5-8,11,18H,1-4H3/t11-/m1/s1. The van der Waals surface area contributed by atoms with E-state index in [1.807, 2.05) is 35.7 Å². The molecule has 3 heterocycles. The molecule has 130 valence electrons. The number of fused-ring (bicyclic) bond motifs is 1. The van der Waals surface area contributed by atoms with Gasteiger partial charge < -0.3 is 9.72 Å². The summed E-state index contributed by atoms with van der Waals surface area (Å²) in [7, 11) is 1.32. The maximum absolute atomic E-state index is 12.8. The molecule has 1 atom stereocenters. The van der Waals surface area contributed by atoms with Gasteiger partial charge in [0, 0.05) is 11.9 Å². The van der Waals surface area contributed by atoms with Crippen LogP contribution >= 0.6 is 11.8 Å². The van der Waals surface area contributed by atoms with E-state index in [0.29, 0.717) is 27.7 Å². The summed E-state index contributed by atoms with van der Waals surface area (Å²) in [5.74, 6) is -0.553. The van der Waals surface area contributed by atoms with E-state index in [1.165, 1.54) is 18.9 Å². The fraction of sp³-hybridized carbons (Fsp3) is 0.294. The highest BCUT2D eigenvalue weighted by atomic mass is 32.2. The molecule has 8 heteroatoms. The van der Waals surface area contributed by atoms with Gasteiger partial charge in [0.15, 0.2) is 16.6 Å². The maximum atomic E-state index is 12.8. The minimum Gasteiger partial charge on any atom is -0.465 e. The number of thioether (sulfide) groups is 1. The molecule has 3 aromatic rings. The summed E-state index contributed by atoms with van der Waals surface area (Å²) in [5.41, 5.74) is 2.79. The average Bonchev–Trinajstić information content (AvgIpc) is 3.14. The predicted molar refractivity (Wildman–Crippen MR) is 94.2 cm³/mol. The van der Waals surface area contributed by atoms with Gasteiger partial charge >= 0.3 is 5.97 Å². The number of Topliss-reactive ketones (excluding diaryl/α,β-unsaturated/α-hetero) is 1. The largest absolute Gasteiger partial charge is 0.465 e. The van der Waals surface area contributed by atoms with Gasteiger partial charge in [0.05, 0.1) is 23.6 Å². The van der Waals surface area contributed by atoms with E-state index in [9.17, 15) is 9.59 Å². The fourth-order valence-electron chi connectivity index (χ4n) is 2.72. The Balaban J connectivity index is 1.87. The number of ketones is 1. The van der Waals surface area contributed by atoms with Crippen LogP contribution in [0.4, 0.5) is 0 Å². The Labute approximate surface area is 148 Å². The number of nitrogens with one attached hydrogen (secondary N) is 1. The third-order valence-electron chi connectivity index (χ3n) is 4.01. The number of aromatic amines is 1. The van der Waals surface area contributed by atoms with Crippen LogP contribution in [0.25, 0.3) is 5.65 Å². The van der Waals surface area contributed by atoms with Gasteiger partial charge in [-0.15, -0.1) is 10.2 Å². The van der Waals surface area contributed by atoms with E-state index in [-0.39, 0.29) is 5.78 Å². The Morgan fingerprint density at radius 1 is 1.28 bits per heavy atom. The van der Waals surface area contributed by atoms with Crippen LogP contribution in [-0.2, 0) is 4.74 Å². The highest BCUT2D eigenvalue weighted by molar-refractivity contribution is 8.00. The van der Waals surface area contributed by atoms with Crippen molar-refractivity contribution in [3.63, 3.8) is 0 Å². The summed E-state index contributed by atoms with van der Waals surface area (Å²) in [5, 5.41) is 8.47. The molecular weight excluding hydrogens is 340 g/mol. The molecule has 0 saturated carbocycles. The summed E-state index contributed by atoms with van der Waals surface area (Å²) in [6, 6.07) is 5.62. The number of methoxy groups -OCH3 is 1. The van der Waals surface area contributed by atoms with Crippen molar-refractivity contribution in [1.29, 1.82) is 0 Å². The van der Waals surface area contributed by atoms with Crippen LogP contribution in [0.5, 0.6) is 0 Å². The average molecular weight is 358 g/mol. The van der Waals surface area contributed by atoms with Crippen molar-refractivity contribution in [1.82, 2.24) is 19.6 Å². The van der Waals surface area contributed by atoms with Crippen molar-refractivity contribution in [2.24, 2.45) is 0 Å². The third-order valence-corrected chi connectivity index (χ3v) is 5.06. The zero-order valence-corrected chi connectivity index (χ0v) is 15.2. The summed E-state index contributed by atoms with van der Waals surface area (Å²) in [6.45, 7) is 5.30. The smallest absolute Gasteiger partial charge is 0.339 e. The lowest BCUT2D eigenvalue weighted by atomic mass is 10.1. The van der Waals surface area contributed by atoms with Crippen molar-refractivity contribution < 1.29 is 14.3 Å². The van der Waals surface area contributed by atoms with Crippen molar-refractivity contribution in [3.8, 4) is 0 Å². The molecule has 0 spiro atoms. The summed E-state index contributed by atoms with van der Waals surface area (Å²) >= 11 is 1.32. The van der Waals surface area contributed by atoms with E-state index >= 15 is 0 Å². The highest BCUT2D eigenvalue weighted by Gasteiger charge is 2.26. The topological polar surface area (TPSA) is 89.4 Å². The number of aryl methyl sites for hydroxylation is 1. The van der Waals surface area contributed by atoms with Crippen LogP contribution in [-0.4, -0.2) is 43.7 Å². The van der Waals surface area contributed by atoms with Crippen LogP contribution < -0.4 is 0 Å². The molecule has 0 fully saturated rings. The third kappa shape index (κ3) is 3.05. The first-order valence-electron chi connectivity index (χ1n) is 7.72. The van der Waals surface area contributed by atoms with Crippen molar-refractivity contribution in [2.45, 2.75) is 31.2 Å². The van der Waals surface area contributed by atoms with Crippen molar-refractivity contribution >= 4 is 29.2 Å². The number of carbonyl (C=O) groups is 2. The van der Waals surface area contributed by atoms with Crippen molar-refractivity contribution in [2.75, 3.05) is 7.11 Å². The van der Waals surface area contributed by atoms with E-state index in [2.05, 4.69) is 15.2 Å². The number of nitrogens with zero attached hydrogens (tertiary/aromatic N) is 3. The summed E-state index contributed by atoms with van der Waals surface area (Å²) < 4.78 is 6.62. The summed E-state index contributed by atoms with van der Waals surface area (Å²) in [6.07, 6.45) is 1.86. The van der Waals surface area contributed by atoms with Gasteiger partial charge in [0.2, 0.25) is 0 Å². The van der Waals surface area contributed by atoms with E-state index < -0.39 is 11.2 Å². The summed E-state index contributed by atoms with van der Waals surface area (Å²) in [4.78, 5) is 27.7. The lowest BCUT2D eigenvalue weighted by molar-refractivity contribution is 0.0599. The molecule has 3 aromatic heterocycles. The molecule has 25 heavy (non-hydrogen) atoms. The number of aromatic nitrogens is 4. The quantitative estimate of drug-likeness (QED) is 0.428. The number of esters is 1. The first-order chi connectivity index (χ1) is 11.9. The number of ether oxygens (including phenoxy) is 1. The zero-order chi connectivity index (χ0) is 18.1. The fourth-order valence-corrected chi connectivity index (χ4v) is 3.62. The lowest BCUT2D eigenvalue weighted by Gasteiger charge is -2.09. The molecule has 1 N–H and O–H groups in total. The van der Waals surface area contributed by atoms with Gasteiger partial charge in [-0.2, -0.15) is 0 Å². The Morgan fingerprint density at radius 2 is 2.04 bits per heavy atom. The number of H-pyrrole nitrogens is 1. The lowest BCUT2D eigenvalue weighted by Crippen LogP contribution is -2.16. The van der Waals surface area contributed by atoms with Gasteiger partial charge in [0.25, 0.3) is 0 Å². The van der Waals surface area contributed by atoms with Gasteiger partial charge in [0.1, 0.15) is 0 Å². The monoisotopic (exact) mass is 358 g/mol. The molecule has 0 saturated heterocycles. The van der Waals surface area contributed by atoms with Gasteiger partial charge in [-0.25, -0.2) is 4.79 Å². The molecule has 0 aliphatic rings. The van der Waals surface area contributed by atoms with Crippen LogP contribution in [0.2, 0.25) is 0 Å². The van der Waals surface area contributed by atoms with Gasteiger partial charge in [-0.1, -0.05) is 17.8 Å². The number of pyridine rings is 1. The maximum Gasteiger partial charge on any atom is 0.339 e. The molecule has 0 bridgehead atoms. The van der Waals surface area contributed by atoms with Crippen LogP contribution in [0.3, 0.4) is 0 Å². The van der Waals surface area contributed by atoms with E-state index in [0.717, 1.165) is 5.65 Å². The Hall–Kier alpha value is -2.61. The van der Waals surface area contributed by atoms with Crippen LogP contribution in [0.15, 0.2) is 29.6 Å². The zero-order valence-electron chi connectivity index (χ0n) is 14.4. The number of carbonyl (C=O) groups excluding carboxylic acids is 2. The number of hydrogen-bond donors (Lipinski definition) is 1. The van der Waals surface area contributed by atoms with Crippen LogP contribution in [0, 0.1) is 13.8 Å². The van der Waals surface area contributed by atoms with Gasteiger partial charge in [-0.3, -0.25) is 9.20 Å². The molecule has 0 aliphatic heterocycles. The van der Waals surface area contributed by atoms with Crippen molar-refractivity contribution in [3.05, 3.63) is 46.9 Å². The Kier molecular flexibility index (Phi) is 4.63. The number of hydrogen-bond acceptors (Lipinski definition) is 6. The number of rotatable bonds is 5. The molecule has 0 aliphatic carbocycles. The molecule has 7 nitrogen and oxygen atoms in total. The molecule has 0 radical (unpaired) electrons. The van der Waals surface area contributed by atoms with Gasteiger partial charge in [-0.05, 0) is 38.5 Å². The minimum absolute atomic E-state index is 0.103. The normalized spacial score (nSPS) is 12.3. The second-order valence-electron chi connectivity index (χ2n) is 5.65. The first kappa shape index (κ1) is 17.2. The SMILES string of the molecule is COC(=O)c1c(C)[nH]c(C(=O)[C@@H](C)Sc2nnc3ccccn23)c1C. The van der Waals surface area contributed by atoms with E-state index in [1.54, 1.807) is 13.8 Å². The minimum atomic E-state index is -0.450. The highest BCUT2D eigenvalue weighted by Crippen LogP contribution is 2.27. The molecule has 0 unspecified atom stereocenters. The van der Waals surface area contributed by atoms with E-state index in [4.69, 9.17) is 4.74 Å². The second-order valence-corrected chi connectivity index (χ2v) is 6.96. The molecule has 3 rings (SSSR count). The molecular formula is C17H18N4O3S. The molecule has 0 amide bonds. The first-order valence-corrected chi connectivity index (χ1v) is 8.60. The Bertz CT molecular complexity index is 960. The predicted octanol–water partition coefficient (Wildman–Crippen LogP) is 2.82.